The number of carbonyl (C=O) groups excluding carboxylic acids is 1. The third-order valence-corrected chi connectivity index (χ3v) is 4.39. The topological polar surface area (TPSA) is 66.9 Å². The minimum absolute atomic E-state index is 0.0955. The van der Waals surface area contributed by atoms with Gasteiger partial charge in [0.15, 0.2) is 5.69 Å². The van der Waals surface area contributed by atoms with Crippen molar-refractivity contribution in [3.8, 4) is 0 Å². The molecule has 1 amide bonds. The van der Waals surface area contributed by atoms with Gasteiger partial charge in [-0.3, -0.25) is 4.79 Å². The molecule has 0 aliphatic rings. The molecule has 1 aromatic heterocycles. The third kappa shape index (κ3) is 4.70. The van der Waals surface area contributed by atoms with E-state index >= 15 is 0 Å². The van der Waals surface area contributed by atoms with Crippen LogP contribution in [0.25, 0.3) is 0 Å². The lowest BCUT2D eigenvalue weighted by atomic mass is 10.0. The summed E-state index contributed by atoms with van der Waals surface area (Å²) in [5.74, 6) is 0.683. The Morgan fingerprint density at radius 2 is 1.56 bits per heavy atom. The fraction of sp³-hybridized carbons (Fsp3) is 0.227. The largest absolute Gasteiger partial charge is 0.362 e. The summed E-state index contributed by atoms with van der Waals surface area (Å²) in [4.78, 5) is 12.5. The number of rotatable bonds is 6. The first-order valence-corrected chi connectivity index (χ1v) is 9.10. The highest BCUT2D eigenvalue weighted by Gasteiger charge is 2.13. The number of carbonyl (C=O) groups is 1. The first-order chi connectivity index (χ1) is 13.0. The molecule has 3 rings (SSSR count). The summed E-state index contributed by atoms with van der Waals surface area (Å²) in [7, 11) is 0. The summed E-state index contributed by atoms with van der Waals surface area (Å²) in [6.45, 7) is 6.25. The molecule has 1 unspecified atom stereocenters. The Kier molecular flexibility index (Phi) is 5.81. The van der Waals surface area contributed by atoms with E-state index in [1.807, 2.05) is 42.5 Å². The Hall–Kier alpha value is -3.21. The highest BCUT2D eigenvalue weighted by Crippen LogP contribution is 2.24. The number of hydrogen-bond acceptors (Lipinski definition) is 4. The van der Waals surface area contributed by atoms with Gasteiger partial charge < -0.3 is 10.6 Å². The maximum absolute atomic E-state index is 12.5. The van der Waals surface area contributed by atoms with E-state index in [-0.39, 0.29) is 17.6 Å². The summed E-state index contributed by atoms with van der Waals surface area (Å²) >= 11 is 0. The standard InChI is InChI=1S/C22H24N4O/c1-15(2)18-11-7-8-12-19(18)24-22(27)20-13-14-21(26-25-20)23-16(3)17-9-5-4-6-10-17/h4-16H,1-3H3,(H,23,26)(H,24,27). The lowest BCUT2D eigenvalue weighted by Crippen LogP contribution is -2.16. The molecule has 0 aliphatic carbocycles. The van der Waals surface area contributed by atoms with Crippen LogP contribution >= 0.6 is 0 Å². The molecule has 1 heterocycles. The smallest absolute Gasteiger partial charge is 0.276 e. The van der Waals surface area contributed by atoms with Gasteiger partial charge in [0.1, 0.15) is 5.82 Å². The van der Waals surface area contributed by atoms with Crippen LogP contribution in [-0.4, -0.2) is 16.1 Å². The third-order valence-electron chi connectivity index (χ3n) is 4.39. The van der Waals surface area contributed by atoms with Gasteiger partial charge in [-0.1, -0.05) is 62.4 Å². The van der Waals surface area contributed by atoms with Crippen LogP contribution < -0.4 is 10.6 Å². The minimum Gasteiger partial charge on any atom is -0.362 e. The zero-order valence-corrected chi connectivity index (χ0v) is 15.8. The molecule has 0 bridgehead atoms. The molecule has 27 heavy (non-hydrogen) atoms. The van der Waals surface area contributed by atoms with Crippen LogP contribution in [0.3, 0.4) is 0 Å². The minimum atomic E-state index is -0.266. The number of hydrogen-bond donors (Lipinski definition) is 2. The Labute approximate surface area is 159 Å². The number of aromatic nitrogens is 2. The zero-order chi connectivity index (χ0) is 19.2. The number of para-hydroxylation sites is 1. The van der Waals surface area contributed by atoms with Crippen LogP contribution in [0.5, 0.6) is 0 Å². The molecular formula is C22H24N4O. The van der Waals surface area contributed by atoms with Gasteiger partial charge in [-0.2, -0.15) is 0 Å². The van der Waals surface area contributed by atoms with Gasteiger partial charge in [0.2, 0.25) is 0 Å². The number of amides is 1. The van der Waals surface area contributed by atoms with Gasteiger partial charge in [-0.15, -0.1) is 10.2 Å². The van der Waals surface area contributed by atoms with E-state index in [1.54, 1.807) is 12.1 Å². The maximum atomic E-state index is 12.5. The van der Waals surface area contributed by atoms with Gasteiger partial charge in [0.05, 0.1) is 0 Å². The molecule has 0 spiro atoms. The first kappa shape index (κ1) is 18.6. The first-order valence-electron chi connectivity index (χ1n) is 9.10. The second-order valence-corrected chi connectivity index (χ2v) is 6.78. The van der Waals surface area contributed by atoms with Crippen molar-refractivity contribution in [3.05, 3.63) is 83.6 Å². The zero-order valence-electron chi connectivity index (χ0n) is 15.8. The van der Waals surface area contributed by atoms with Gasteiger partial charge in [0.25, 0.3) is 5.91 Å². The lowest BCUT2D eigenvalue weighted by molar-refractivity contribution is 0.102. The summed E-state index contributed by atoms with van der Waals surface area (Å²) in [5, 5.41) is 14.4. The Morgan fingerprint density at radius 1 is 0.852 bits per heavy atom. The molecule has 3 aromatic rings. The van der Waals surface area contributed by atoms with E-state index in [2.05, 4.69) is 53.7 Å². The van der Waals surface area contributed by atoms with Gasteiger partial charge >= 0.3 is 0 Å². The van der Waals surface area contributed by atoms with E-state index in [1.165, 1.54) is 0 Å². The number of anilines is 2. The SMILES string of the molecule is CC(C)c1ccccc1NC(=O)c1ccc(NC(C)c2ccccc2)nn1. The highest BCUT2D eigenvalue weighted by atomic mass is 16.1. The average Bonchev–Trinajstić information content (AvgIpc) is 2.69. The lowest BCUT2D eigenvalue weighted by Gasteiger charge is -2.15. The van der Waals surface area contributed by atoms with Crippen LogP contribution in [0.2, 0.25) is 0 Å². The van der Waals surface area contributed by atoms with Gasteiger partial charge in [0, 0.05) is 11.7 Å². The van der Waals surface area contributed by atoms with Crippen LogP contribution in [0.1, 0.15) is 54.3 Å². The molecule has 2 N–H and O–H groups in total. The molecule has 0 radical (unpaired) electrons. The van der Waals surface area contributed by atoms with Crippen molar-refractivity contribution in [1.29, 1.82) is 0 Å². The van der Waals surface area contributed by atoms with Crippen LogP contribution in [0, 0.1) is 0 Å². The summed E-state index contributed by atoms with van der Waals surface area (Å²) in [6, 6.07) is 21.4. The molecule has 1 atom stereocenters. The normalized spacial score (nSPS) is 11.9. The molecule has 0 fully saturated rings. The van der Waals surface area contributed by atoms with Crippen LogP contribution in [0.4, 0.5) is 11.5 Å². The van der Waals surface area contributed by atoms with Crippen molar-refractivity contribution >= 4 is 17.4 Å². The van der Waals surface area contributed by atoms with Gasteiger partial charge in [-0.25, -0.2) is 0 Å². The van der Waals surface area contributed by atoms with Crippen molar-refractivity contribution in [3.63, 3.8) is 0 Å². The molecular weight excluding hydrogens is 336 g/mol. The van der Waals surface area contributed by atoms with E-state index in [4.69, 9.17) is 0 Å². The average molecular weight is 360 g/mol. The summed E-state index contributed by atoms with van der Waals surface area (Å²) < 4.78 is 0. The van der Waals surface area contributed by atoms with E-state index < -0.39 is 0 Å². The van der Waals surface area contributed by atoms with E-state index in [0.717, 1.165) is 16.8 Å². The van der Waals surface area contributed by atoms with Crippen molar-refractivity contribution in [1.82, 2.24) is 10.2 Å². The molecule has 0 saturated heterocycles. The number of nitrogens with one attached hydrogen (secondary N) is 2. The number of nitrogens with zero attached hydrogens (tertiary/aromatic N) is 2. The Bertz CT molecular complexity index is 892. The van der Waals surface area contributed by atoms with Crippen molar-refractivity contribution in [2.75, 3.05) is 10.6 Å². The maximum Gasteiger partial charge on any atom is 0.276 e. The predicted molar refractivity (Wildman–Crippen MR) is 109 cm³/mol. The Balaban J connectivity index is 1.67. The fourth-order valence-electron chi connectivity index (χ4n) is 2.88. The van der Waals surface area contributed by atoms with Crippen molar-refractivity contribution in [2.24, 2.45) is 0 Å². The van der Waals surface area contributed by atoms with Crippen molar-refractivity contribution < 1.29 is 4.79 Å². The fourth-order valence-corrected chi connectivity index (χ4v) is 2.88. The van der Waals surface area contributed by atoms with Crippen molar-refractivity contribution in [2.45, 2.75) is 32.7 Å². The van der Waals surface area contributed by atoms with E-state index in [9.17, 15) is 4.79 Å². The Morgan fingerprint density at radius 3 is 2.22 bits per heavy atom. The molecule has 138 valence electrons. The van der Waals surface area contributed by atoms with Crippen LogP contribution in [-0.2, 0) is 0 Å². The number of benzene rings is 2. The van der Waals surface area contributed by atoms with Crippen LogP contribution in [0.15, 0.2) is 66.7 Å². The summed E-state index contributed by atoms with van der Waals surface area (Å²) in [6.07, 6.45) is 0. The molecule has 5 heteroatoms. The quantitative estimate of drug-likeness (QED) is 0.647. The van der Waals surface area contributed by atoms with E-state index in [0.29, 0.717) is 11.7 Å². The molecule has 2 aromatic carbocycles. The molecule has 5 nitrogen and oxygen atoms in total. The molecule has 0 saturated carbocycles. The monoisotopic (exact) mass is 360 g/mol. The highest BCUT2D eigenvalue weighted by molar-refractivity contribution is 6.03. The second kappa shape index (κ2) is 8.45. The second-order valence-electron chi connectivity index (χ2n) is 6.78. The molecule has 0 aliphatic heterocycles. The predicted octanol–water partition coefficient (Wildman–Crippen LogP) is 5.03. The summed E-state index contributed by atoms with van der Waals surface area (Å²) in [5.41, 5.74) is 3.34. The van der Waals surface area contributed by atoms with Gasteiger partial charge in [-0.05, 0) is 42.2 Å².